The lowest BCUT2D eigenvalue weighted by atomic mass is 10.1. The van der Waals surface area contributed by atoms with Crippen molar-refractivity contribution in [2.45, 2.75) is 51.4 Å². The van der Waals surface area contributed by atoms with Crippen LogP contribution in [0.3, 0.4) is 0 Å². The summed E-state index contributed by atoms with van der Waals surface area (Å²) in [5.74, 6) is 0.823. The second kappa shape index (κ2) is 13.0. The Hall–Kier alpha value is -2.79. The SMILES string of the molecule is C[N+](C)(C)CCCCCCCCCCOc1cc(-c2ccccn2)nc(-c2ccccn2)c1. The Balaban J connectivity index is 1.44. The van der Waals surface area contributed by atoms with Gasteiger partial charge in [0.05, 0.1) is 57.1 Å². The van der Waals surface area contributed by atoms with E-state index in [4.69, 9.17) is 9.72 Å². The van der Waals surface area contributed by atoms with Gasteiger partial charge < -0.3 is 9.22 Å². The zero-order valence-electron chi connectivity index (χ0n) is 20.5. The number of pyridine rings is 3. The van der Waals surface area contributed by atoms with Crippen LogP contribution < -0.4 is 4.74 Å². The van der Waals surface area contributed by atoms with Crippen LogP contribution >= 0.6 is 0 Å². The monoisotopic (exact) mass is 447 g/mol. The van der Waals surface area contributed by atoms with Gasteiger partial charge in [0.2, 0.25) is 0 Å². The molecule has 0 aliphatic rings. The summed E-state index contributed by atoms with van der Waals surface area (Å²) in [7, 11) is 6.81. The summed E-state index contributed by atoms with van der Waals surface area (Å²) in [6, 6.07) is 15.7. The molecule has 0 amide bonds. The number of hydrogen-bond donors (Lipinski definition) is 0. The summed E-state index contributed by atoms with van der Waals surface area (Å²) in [6.07, 6.45) is 13.9. The fourth-order valence-corrected chi connectivity index (χ4v) is 3.82. The lowest BCUT2D eigenvalue weighted by molar-refractivity contribution is -0.870. The molecule has 3 rings (SSSR count). The summed E-state index contributed by atoms with van der Waals surface area (Å²) in [6.45, 7) is 1.99. The predicted molar refractivity (Wildman–Crippen MR) is 136 cm³/mol. The van der Waals surface area contributed by atoms with E-state index in [1.807, 2.05) is 48.5 Å². The zero-order chi connectivity index (χ0) is 23.4. The highest BCUT2D eigenvalue weighted by atomic mass is 16.5. The van der Waals surface area contributed by atoms with Gasteiger partial charge in [-0.1, -0.05) is 44.2 Å². The molecule has 0 bridgehead atoms. The number of unbranched alkanes of at least 4 members (excludes halogenated alkanes) is 7. The minimum atomic E-state index is 0.719. The summed E-state index contributed by atoms with van der Waals surface area (Å²) in [5.41, 5.74) is 3.28. The van der Waals surface area contributed by atoms with Crippen molar-refractivity contribution < 1.29 is 9.22 Å². The Bertz CT molecular complexity index is 881. The maximum absolute atomic E-state index is 6.12. The number of ether oxygens (including phenoxy) is 1. The highest BCUT2D eigenvalue weighted by Gasteiger charge is 2.10. The van der Waals surface area contributed by atoms with E-state index in [1.165, 1.54) is 51.5 Å². The molecule has 0 fully saturated rings. The second-order valence-corrected chi connectivity index (χ2v) is 9.69. The molecular formula is C28H39N4O+. The Labute approximate surface area is 199 Å². The van der Waals surface area contributed by atoms with Crippen molar-refractivity contribution in [3.05, 3.63) is 60.9 Å². The normalized spacial score (nSPS) is 11.5. The Kier molecular flexibility index (Phi) is 9.82. The molecule has 0 N–H and O–H groups in total. The van der Waals surface area contributed by atoms with Gasteiger partial charge in [-0.05, 0) is 43.5 Å². The van der Waals surface area contributed by atoms with Gasteiger partial charge in [-0.15, -0.1) is 0 Å². The third kappa shape index (κ3) is 9.30. The Morgan fingerprint density at radius 2 is 1.15 bits per heavy atom. The maximum atomic E-state index is 6.12. The fraction of sp³-hybridized carbons (Fsp3) is 0.464. The molecule has 0 aliphatic carbocycles. The van der Waals surface area contributed by atoms with Crippen LogP contribution in [0.25, 0.3) is 22.8 Å². The van der Waals surface area contributed by atoms with Crippen LogP contribution in [0.5, 0.6) is 5.75 Å². The first-order valence-electron chi connectivity index (χ1n) is 12.3. The van der Waals surface area contributed by atoms with Gasteiger partial charge in [-0.2, -0.15) is 0 Å². The van der Waals surface area contributed by atoms with E-state index in [9.17, 15) is 0 Å². The minimum Gasteiger partial charge on any atom is -0.493 e. The van der Waals surface area contributed by atoms with Crippen molar-refractivity contribution in [3.8, 4) is 28.5 Å². The molecule has 3 heterocycles. The topological polar surface area (TPSA) is 47.9 Å². The van der Waals surface area contributed by atoms with Crippen LogP contribution in [0.4, 0.5) is 0 Å². The van der Waals surface area contributed by atoms with E-state index in [0.29, 0.717) is 0 Å². The average Bonchev–Trinajstić information content (AvgIpc) is 2.83. The first kappa shape index (κ1) is 24.8. The van der Waals surface area contributed by atoms with Crippen LogP contribution in [0.15, 0.2) is 60.9 Å². The quantitative estimate of drug-likeness (QED) is 0.212. The lowest BCUT2D eigenvalue weighted by Gasteiger charge is -2.23. The van der Waals surface area contributed by atoms with Crippen LogP contribution in [0.2, 0.25) is 0 Å². The molecule has 3 aromatic rings. The molecule has 3 aromatic heterocycles. The predicted octanol–water partition coefficient (Wildman–Crippen LogP) is 6.41. The molecule has 5 heteroatoms. The highest BCUT2D eigenvalue weighted by Crippen LogP contribution is 2.26. The molecule has 0 radical (unpaired) electrons. The van der Waals surface area contributed by atoms with E-state index >= 15 is 0 Å². The van der Waals surface area contributed by atoms with Crippen molar-refractivity contribution in [2.75, 3.05) is 34.3 Å². The van der Waals surface area contributed by atoms with Crippen molar-refractivity contribution in [1.82, 2.24) is 15.0 Å². The lowest BCUT2D eigenvalue weighted by Crippen LogP contribution is -2.35. The first-order chi connectivity index (χ1) is 16.0. The van der Waals surface area contributed by atoms with Crippen molar-refractivity contribution in [1.29, 1.82) is 0 Å². The van der Waals surface area contributed by atoms with Gasteiger partial charge >= 0.3 is 0 Å². The molecule has 0 aromatic carbocycles. The Morgan fingerprint density at radius 3 is 1.64 bits per heavy atom. The van der Waals surface area contributed by atoms with E-state index in [0.717, 1.165) is 46.0 Å². The molecule has 0 saturated heterocycles. The largest absolute Gasteiger partial charge is 0.493 e. The molecule has 33 heavy (non-hydrogen) atoms. The van der Waals surface area contributed by atoms with Crippen LogP contribution in [0.1, 0.15) is 51.4 Å². The number of quaternary nitrogens is 1. The third-order valence-electron chi connectivity index (χ3n) is 5.65. The molecule has 176 valence electrons. The van der Waals surface area contributed by atoms with Gasteiger partial charge in [0.15, 0.2) is 0 Å². The summed E-state index contributed by atoms with van der Waals surface area (Å²) >= 11 is 0. The number of nitrogens with zero attached hydrogens (tertiary/aromatic N) is 4. The van der Waals surface area contributed by atoms with E-state index in [-0.39, 0.29) is 0 Å². The van der Waals surface area contributed by atoms with Gasteiger partial charge in [0.25, 0.3) is 0 Å². The number of rotatable bonds is 14. The molecule has 5 nitrogen and oxygen atoms in total. The van der Waals surface area contributed by atoms with E-state index in [2.05, 4.69) is 31.1 Å². The standard InChI is InChI=1S/C28H39N4O/c1-32(2,3)20-14-8-6-4-5-7-9-15-21-33-24-22-27(25-16-10-12-18-29-25)31-28(23-24)26-17-11-13-19-30-26/h10-13,16-19,22-23H,4-9,14-15,20-21H2,1-3H3/q+1. The summed E-state index contributed by atoms with van der Waals surface area (Å²) in [4.78, 5) is 13.7. The fourth-order valence-electron chi connectivity index (χ4n) is 3.82. The zero-order valence-corrected chi connectivity index (χ0v) is 20.5. The van der Waals surface area contributed by atoms with Crippen LogP contribution in [-0.2, 0) is 0 Å². The molecule has 0 aliphatic heterocycles. The smallest absolute Gasteiger partial charge is 0.123 e. The highest BCUT2D eigenvalue weighted by molar-refractivity contribution is 5.64. The van der Waals surface area contributed by atoms with Crippen molar-refractivity contribution >= 4 is 0 Å². The van der Waals surface area contributed by atoms with Crippen molar-refractivity contribution in [2.24, 2.45) is 0 Å². The molecule has 0 unspecified atom stereocenters. The second-order valence-electron chi connectivity index (χ2n) is 9.69. The first-order valence-corrected chi connectivity index (χ1v) is 12.3. The molecular weight excluding hydrogens is 408 g/mol. The van der Waals surface area contributed by atoms with Crippen LogP contribution in [0, 0.1) is 0 Å². The molecule has 0 saturated carbocycles. The van der Waals surface area contributed by atoms with E-state index < -0.39 is 0 Å². The number of aromatic nitrogens is 3. The minimum absolute atomic E-state index is 0.719. The summed E-state index contributed by atoms with van der Waals surface area (Å²) in [5, 5.41) is 0. The molecule has 0 atom stereocenters. The van der Waals surface area contributed by atoms with Crippen LogP contribution in [-0.4, -0.2) is 53.7 Å². The van der Waals surface area contributed by atoms with Gasteiger partial charge in [-0.3, -0.25) is 9.97 Å². The van der Waals surface area contributed by atoms with Gasteiger partial charge in [0.1, 0.15) is 5.75 Å². The van der Waals surface area contributed by atoms with Crippen molar-refractivity contribution in [3.63, 3.8) is 0 Å². The summed E-state index contributed by atoms with van der Waals surface area (Å²) < 4.78 is 7.20. The van der Waals surface area contributed by atoms with Gasteiger partial charge in [-0.25, -0.2) is 4.98 Å². The average molecular weight is 448 g/mol. The van der Waals surface area contributed by atoms with E-state index in [1.54, 1.807) is 12.4 Å². The third-order valence-corrected chi connectivity index (χ3v) is 5.65. The number of hydrogen-bond acceptors (Lipinski definition) is 4. The Morgan fingerprint density at radius 1 is 0.636 bits per heavy atom. The molecule has 0 spiro atoms. The van der Waals surface area contributed by atoms with Gasteiger partial charge in [0, 0.05) is 24.5 Å². The maximum Gasteiger partial charge on any atom is 0.123 e.